The van der Waals surface area contributed by atoms with E-state index in [0.717, 1.165) is 31.6 Å². The van der Waals surface area contributed by atoms with E-state index in [1.54, 1.807) is 0 Å². The number of furan rings is 1. The minimum atomic E-state index is -0.527. The molecule has 5 heteroatoms. The summed E-state index contributed by atoms with van der Waals surface area (Å²) in [6.07, 6.45) is -0.527. The molecule has 0 radical (unpaired) electrons. The van der Waals surface area contributed by atoms with Crippen LogP contribution in [0, 0.1) is 0 Å². The Bertz CT molecular complexity index is 802. The van der Waals surface area contributed by atoms with Crippen LogP contribution in [0.1, 0.15) is 17.4 Å². The van der Waals surface area contributed by atoms with Gasteiger partial charge in [-0.05, 0) is 51.8 Å². The van der Waals surface area contributed by atoms with Crippen LogP contribution in [0.2, 0.25) is 0 Å². The lowest BCUT2D eigenvalue weighted by Crippen LogP contribution is -2.20. The summed E-state index contributed by atoms with van der Waals surface area (Å²) in [4.78, 5) is 0. The molecule has 1 atom stereocenters. The molecule has 0 spiro atoms. The van der Waals surface area contributed by atoms with E-state index in [-0.39, 0.29) is 0 Å². The summed E-state index contributed by atoms with van der Waals surface area (Å²) in [5, 5.41) is 13.4. The van der Waals surface area contributed by atoms with Gasteiger partial charge in [-0.25, -0.2) is 0 Å². The lowest BCUT2D eigenvalue weighted by molar-refractivity contribution is 0.173. The molecule has 0 fully saturated rings. The molecule has 0 bridgehead atoms. The van der Waals surface area contributed by atoms with Gasteiger partial charge >= 0.3 is 0 Å². The first kappa shape index (κ1) is 17.4. The topological polar surface area (TPSA) is 45.4 Å². The van der Waals surface area contributed by atoms with Crippen LogP contribution in [0.25, 0.3) is 11.3 Å². The van der Waals surface area contributed by atoms with E-state index in [0.29, 0.717) is 13.1 Å². The van der Waals surface area contributed by atoms with Gasteiger partial charge < -0.3 is 14.8 Å². The normalized spacial score (nSPS) is 12.3. The van der Waals surface area contributed by atoms with Crippen molar-refractivity contribution in [3.63, 3.8) is 0 Å². The van der Waals surface area contributed by atoms with Gasteiger partial charge in [-0.1, -0.05) is 46.3 Å². The van der Waals surface area contributed by atoms with Crippen molar-refractivity contribution in [1.29, 1.82) is 0 Å². The highest BCUT2D eigenvalue weighted by Crippen LogP contribution is 2.31. The lowest BCUT2D eigenvalue weighted by Gasteiger charge is -2.11. The Morgan fingerprint density at radius 2 is 1.79 bits per heavy atom. The van der Waals surface area contributed by atoms with E-state index in [2.05, 4.69) is 37.2 Å². The SMILES string of the molecule is OC(CNCc1ccc(-c2ccc(Br)cc2Br)o1)c1ccccc1. The Hall–Kier alpha value is -1.40. The average molecular weight is 451 g/mol. The highest BCUT2D eigenvalue weighted by molar-refractivity contribution is 9.11. The fourth-order valence-corrected chi connectivity index (χ4v) is 3.67. The predicted molar refractivity (Wildman–Crippen MR) is 103 cm³/mol. The van der Waals surface area contributed by atoms with E-state index in [4.69, 9.17) is 4.42 Å². The van der Waals surface area contributed by atoms with Crippen LogP contribution in [-0.2, 0) is 6.54 Å². The van der Waals surface area contributed by atoms with E-state index in [1.165, 1.54) is 0 Å². The number of hydrogen-bond donors (Lipinski definition) is 2. The summed E-state index contributed by atoms with van der Waals surface area (Å²) < 4.78 is 7.88. The van der Waals surface area contributed by atoms with Crippen molar-refractivity contribution in [2.75, 3.05) is 6.54 Å². The van der Waals surface area contributed by atoms with Crippen LogP contribution < -0.4 is 5.32 Å². The zero-order chi connectivity index (χ0) is 16.9. The van der Waals surface area contributed by atoms with Gasteiger partial charge in [0.15, 0.2) is 0 Å². The number of aliphatic hydroxyl groups excluding tert-OH is 1. The second kappa shape index (κ2) is 8.12. The molecule has 3 nitrogen and oxygen atoms in total. The summed E-state index contributed by atoms with van der Waals surface area (Å²) in [6.45, 7) is 1.04. The number of rotatable bonds is 6. The zero-order valence-corrected chi connectivity index (χ0v) is 16.0. The highest BCUT2D eigenvalue weighted by atomic mass is 79.9. The molecular weight excluding hydrogens is 434 g/mol. The van der Waals surface area contributed by atoms with Crippen molar-refractivity contribution in [2.45, 2.75) is 12.6 Å². The van der Waals surface area contributed by atoms with Crippen molar-refractivity contribution in [1.82, 2.24) is 5.32 Å². The summed E-state index contributed by atoms with van der Waals surface area (Å²) in [7, 11) is 0. The molecule has 1 aromatic heterocycles. The Balaban J connectivity index is 1.58. The fourth-order valence-electron chi connectivity index (χ4n) is 2.43. The van der Waals surface area contributed by atoms with E-state index in [9.17, 15) is 5.11 Å². The maximum Gasteiger partial charge on any atom is 0.135 e. The van der Waals surface area contributed by atoms with Gasteiger partial charge in [0.05, 0.1) is 12.6 Å². The first-order chi connectivity index (χ1) is 11.6. The van der Waals surface area contributed by atoms with Gasteiger partial charge in [-0.2, -0.15) is 0 Å². The van der Waals surface area contributed by atoms with Gasteiger partial charge in [0.1, 0.15) is 11.5 Å². The zero-order valence-electron chi connectivity index (χ0n) is 12.9. The highest BCUT2D eigenvalue weighted by Gasteiger charge is 2.10. The molecule has 124 valence electrons. The van der Waals surface area contributed by atoms with Gasteiger partial charge in [0.25, 0.3) is 0 Å². The largest absolute Gasteiger partial charge is 0.460 e. The Morgan fingerprint density at radius 3 is 2.54 bits per heavy atom. The van der Waals surface area contributed by atoms with Crippen molar-refractivity contribution >= 4 is 31.9 Å². The maximum atomic E-state index is 10.1. The van der Waals surface area contributed by atoms with Crippen molar-refractivity contribution in [3.8, 4) is 11.3 Å². The number of nitrogens with one attached hydrogen (secondary N) is 1. The van der Waals surface area contributed by atoms with Crippen LogP contribution in [0.4, 0.5) is 0 Å². The fraction of sp³-hybridized carbons (Fsp3) is 0.158. The molecular formula is C19H17Br2NO2. The molecule has 3 rings (SSSR count). The van der Waals surface area contributed by atoms with E-state index >= 15 is 0 Å². The second-order valence-corrected chi connectivity index (χ2v) is 7.22. The third-order valence-electron chi connectivity index (χ3n) is 3.68. The van der Waals surface area contributed by atoms with Crippen LogP contribution in [-0.4, -0.2) is 11.7 Å². The minimum Gasteiger partial charge on any atom is -0.460 e. The lowest BCUT2D eigenvalue weighted by atomic mass is 10.1. The Kier molecular flexibility index (Phi) is 5.89. The molecule has 0 saturated heterocycles. The number of hydrogen-bond acceptors (Lipinski definition) is 3. The van der Waals surface area contributed by atoms with Gasteiger partial charge in [0.2, 0.25) is 0 Å². The molecule has 2 N–H and O–H groups in total. The van der Waals surface area contributed by atoms with Crippen LogP contribution in [0.15, 0.2) is 74.0 Å². The number of aliphatic hydroxyl groups is 1. The van der Waals surface area contributed by atoms with Gasteiger partial charge in [-0.15, -0.1) is 0 Å². The monoisotopic (exact) mass is 449 g/mol. The summed E-state index contributed by atoms with van der Waals surface area (Å²) in [5.41, 5.74) is 1.91. The van der Waals surface area contributed by atoms with Crippen molar-refractivity contribution < 1.29 is 9.52 Å². The third kappa shape index (κ3) is 4.36. The second-order valence-electron chi connectivity index (χ2n) is 5.45. The van der Waals surface area contributed by atoms with Crippen LogP contribution in [0.3, 0.4) is 0 Å². The average Bonchev–Trinajstić information content (AvgIpc) is 3.04. The molecule has 0 saturated carbocycles. The summed E-state index contributed by atoms with van der Waals surface area (Å²) in [5.74, 6) is 1.65. The van der Waals surface area contributed by atoms with Crippen molar-refractivity contribution in [2.24, 2.45) is 0 Å². The molecule has 0 aliphatic carbocycles. The van der Waals surface area contributed by atoms with Crippen molar-refractivity contribution in [3.05, 3.63) is 80.9 Å². The molecule has 0 aliphatic rings. The van der Waals surface area contributed by atoms with Gasteiger partial charge in [-0.3, -0.25) is 0 Å². The summed E-state index contributed by atoms with van der Waals surface area (Å²) >= 11 is 7.00. The Morgan fingerprint density at radius 1 is 1.00 bits per heavy atom. The minimum absolute atomic E-state index is 0.474. The third-order valence-corrected chi connectivity index (χ3v) is 4.83. The van der Waals surface area contributed by atoms with E-state index in [1.807, 2.05) is 60.7 Å². The quantitative estimate of drug-likeness (QED) is 0.535. The predicted octanol–water partition coefficient (Wildman–Crippen LogP) is 5.29. The number of benzene rings is 2. The van der Waals surface area contributed by atoms with Crippen LogP contribution >= 0.6 is 31.9 Å². The molecule has 1 unspecified atom stereocenters. The Labute approximate surface area is 158 Å². The molecule has 0 amide bonds. The standard InChI is InChI=1S/C19H17Br2NO2/c20-14-6-8-16(17(21)10-14)19-9-7-15(24-19)11-22-12-18(23)13-4-2-1-3-5-13/h1-10,18,22-23H,11-12H2. The molecule has 1 heterocycles. The molecule has 24 heavy (non-hydrogen) atoms. The maximum absolute atomic E-state index is 10.1. The smallest absolute Gasteiger partial charge is 0.135 e. The summed E-state index contributed by atoms with van der Waals surface area (Å²) in [6, 6.07) is 19.5. The molecule has 0 aliphatic heterocycles. The first-order valence-corrected chi connectivity index (χ1v) is 9.20. The van der Waals surface area contributed by atoms with E-state index < -0.39 is 6.10 Å². The van der Waals surface area contributed by atoms with Gasteiger partial charge in [0, 0.05) is 21.1 Å². The number of halogens is 2. The first-order valence-electron chi connectivity index (χ1n) is 7.61. The molecule has 3 aromatic rings. The van der Waals surface area contributed by atoms with Crippen LogP contribution in [0.5, 0.6) is 0 Å². The molecule has 2 aromatic carbocycles.